The summed E-state index contributed by atoms with van der Waals surface area (Å²) in [6, 6.07) is 15.2. The first kappa shape index (κ1) is 15.7. The van der Waals surface area contributed by atoms with Gasteiger partial charge in [-0.2, -0.15) is 0 Å². The second-order valence-electron chi connectivity index (χ2n) is 4.96. The Hall–Kier alpha value is -1.71. The predicted molar refractivity (Wildman–Crippen MR) is 87.1 cm³/mol. The van der Waals surface area contributed by atoms with Gasteiger partial charge in [-0.25, -0.2) is 0 Å². The molecular formula is C17H20ClNO2. The predicted octanol–water partition coefficient (Wildman–Crippen LogP) is 4.06. The van der Waals surface area contributed by atoms with Gasteiger partial charge in [0.05, 0.1) is 19.3 Å². The topological polar surface area (TPSA) is 41.5 Å². The molecule has 1 unspecified atom stereocenters. The van der Waals surface area contributed by atoms with Crippen molar-refractivity contribution in [3.8, 4) is 5.75 Å². The maximum Gasteiger partial charge on any atom is 0.119 e. The van der Waals surface area contributed by atoms with Crippen molar-refractivity contribution < 1.29 is 9.84 Å². The molecule has 2 aromatic rings. The summed E-state index contributed by atoms with van der Waals surface area (Å²) in [7, 11) is 1.64. The third-order valence-electron chi connectivity index (χ3n) is 3.72. The van der Waals surface area contributed by atoms with E-state index in [0.717, 1.165) is 23.4 Å². The summed E-state index contributed by atoms with van der Waals surface area (Å²) < 4.78 is 5.16. The number of methoxy groups -OCH3 is 1. The van der Waals surface area contributed by atoms with Crippen LogP contribution in [0.4, 0.5) is 5.69 Å². The molecule has 2 rings (SSSR count). The number of rotatable bonds is 6. The van der Waals surface area contributed by atoms with E-state index >= 15 is 0 Å². The second-order valence-corrected chi connectivity index (χ2v) is 5.39. The zero-order valence-electron chi connectivity index (χ0n) is 12.3. The largest absolute Gasteiger partial charge is 0.497 e. The van der Waals surface area contributed by atoms with Crippen LogP contribution in [0.2, 0.25) is 5.02 Å². The highest BCUT2D eigenvalue weighted by Crippen LogP contribution is 2.31. The fourth-order valence-electron chi connectivity index (χ4n) is 2.34. The van der Waals surface area contributed by atoms with Crippen LogP contribution in [0.3, 0.4) is 0 Å². The van der Waals surface area contributed by atoms with Crippen molar-refractivity contribution in [1.82, 2.24) is 0 Å². The van der Waals surface area contributed by atoms with E-state index in [2.05, 4.69) is 5.32 Å². The van der Waals surface area contributed by atoms with Gasteiger partial charge in [-0.3, -0.25) is 0 Å². The summed E-state index contributed by atoms with van der Waals surface area (Å²) in [5.74, 6) is 0.800. The molecular weight excluding hydrogens is 286 g/mol. The molecule has 0 fully saturated rings. The Morgan fingerprint density at radius 3 is 2.43 bits per heavy atom. The summed E-state index contributed by atoms with van der Waals surface area (Å²) in [6.45, 7) is 2.02. The van der Waals surface area contributed by atoms with Crippen LogP contribution in [-0.4, -0.2) is 18.8 Å². The van der Waals surface area contributed by atoms with Gasteiger partial charge in [0.25, 0.3) is 0 Å². The molecule has 0 bridgehead atoms. The van der Waals surface area contributed by atoms with Crippen molar-refractivity contribution in [2.24, 2.45) is 0 Å². The van der Waals surface area contributed by atoms with Crippen molar-refractivity contribution in [3.63, 3.8) is 0 Å². The van der Waals surface area contributed by atoms with Gasteiger partial charge in [0, 0.05) is 10.7 Å². The maximum atomic E-state index is 9.95. The van der Waals surface area contributed by atoms with Crippen molar-refractivity contribution in [3.05, 3.63) is 59.1 Å². The highest BCUT2D eigenvalue weighted by atomic mass is 35.5. The van der Waals surface area contributed by atoms with Crippen LogP contribution >= 0.6 is 11.6 Å². The normalized spacial score (nSPS) is 13.5. The van der Waals surface area contributed by atoms with E-state index in [1.54, 1.807) is 7.11 Å². The molecule has 2 aromatic carbocycles. The van der Waals surface area contributed by atoms with Gasteiger partial charge in [-0.05, 0) is 48.4 Å². The fraction of sp³-hybridized carbons (Fsp3) is 0.294. The van der Waals surface area contributed by atoms with Gasteiger partial charge in [0.15, 0.2) is 0 Å². The van der Waals surface area contributed by atoms with Crippen LogP contribution in [-0.2, 0) is 5.54 Å². The Bertz CT molecular complexity index is 580. The Kier molecular flexibility index (Phi) is 5.10. The lowest BCUT2D eigenvalue weighted by atomic mass is 9.87. The number of nitrogens with one attached hydrogen (secondary N) is 1. The molecule has 0 heterocycles. The number of aliphatic hydroxyl groups is 1. The number of ether oxygens (including phenoxy) is 1. The molecule has 0 amide bonds. The Labute approximate surface area is 130 Å². The first-order chi connectivity index (χ1) is 10.1. The lowest BCUT2D eigenvalue weighted by Gasteiger charge is -2.34. The second kappa shape index (κ2) is 6.83. The number of hydrogen-bond acceptors (Lipinski definition) is 3. The van der Waals surface area contributed by atoms with Gasteiger partial charge < -0.3 is 15.2 Å². The minimum Gasteiger partial charge on any atom is -0.497 e. The standard InChI is InChI=1S/C17H20ClNO2/c1-3-17(12-20,13-5-4-6-14(18)11-13)19-15-7-9-16(21-2)10-8-15/h4-11,19-20H,3,12H2,1-2H3. The lowest BCUT2D eigenvalue weighted by Crippen LogP contribution is -2.38. The molecule has 3 nitrogen and oxygen atoms in total. The van der Waals surface area contributed by atoms with Crippen LogP contribution in [0, 0.1) is 0 Å². The summed E-state index contributed by atoms with van der Waals surface area (Å²) in [5.41, 5.74) is 1.34. The molecule has 0 aliphatic heterocycles. The van der Waals surface area contributed by atoms with Gasteiger partial charge in [0.2, 0.25) is 0 Å². The molecule has 0 aromatic heterocycles. The number of benzene rings is 2. The summed E-state index contributed by atoms with van der Waals surface area (Å²) >= 11 is 6.08. The Morgan fingerprint density at radius 2 is 1.90 bits per heavy atom. The van der Waals surface area contributed by atoms with Crippen LogP contribution in [0.5, 0.6) is 5.75 Å². The molecule has 21 heavy (non-hydrogen) atoms. The molecule has 0 spiro atoms. The van der Waals surface area contributed by atoms with Crippen LogP contribution < -0.4 is 10.1 Å². The zero-order chi connectivity index (χ0) is 15.3. The van der Waals surface area contributed by atoms with Gasteiger partial charge in [-0.1, -0.05) is 30.7 Å². The molecule has 2 N–H and O–H groups in total. The molecule has 0 saturated heterocycles. The average molecular weight is 306 g/mol. The smallest absolute Gasteiger partial charge is 0.119 e. The van der Waals surface area contributed by atoms with Crippen molar-refractivity contribution in [2.45, 2.75) is 18.9 Å². The van der Waals surface area contributed by atoms with E-state index in [0.29, 0.717) is 5.02 Å². The monoisotopic (exact) mass is 305 g/mol. The van der Waals surface area contributed by atoms with E-state index in [-0.39, 0.29) is 6.61 Å². The van der Waals surface area contributed by atoms with E-state index in [1.807, 2.05) is 55.5 Å². The first-order valence-corrected chi connectivity index (χ1v) is 7.30. The third-order valence-corrected chi connectivity index (χ3v) is 3.96. The van der Waals surface area contributed by atoms with Gasteiger partial charge >= 0.3 is 0 Å². The van der Waals surface area contributed by atoms with E-state index in [4.69, 9.17) is 16.3 Å². The van der Waals surface area contributed by atoms with Gasteiger partial charge in [0.1, 0.15) is 5.75 Å². The summed E-state index contributed by atoms with van der Waals surface area (Å²) in [6.07, 6.45) is 0.732. The van der Waals surface area contributed by atoms with Crippen molar-refractivity contribution in [2.75, 3.05) is 19.0 Å². The zero-order valence-corrected chi connectivity index (χ0v) is 13.0. The molecule has 1 atom stereocenters. The lowest BCUT2D eigenvalue weighted by molar-refractivity contribution is 0.207. The maximum absolute atomic E-state index is 9.95. The Balaban J connectivity index is 2.33. The Morgan fingerprint density at radius 1 is 1.19 bits per heavy atom. The van der Waals surface area contributed by atoms with Crippen LogP contribution in [0.15, 0.2) is 48.5 Å². The molecule has 0 saturated carbocycles. The summed E-state index contributed by atoms with van der Waals surface area (Å²) in [5, 5.41) is 14.0. The molecule has 0 radical (unpaired) electrons. The van der Waals surface area contributed by atoms with E-state index in [1.165, 1.54) is 0 Å². The summed E-state index contributed by atoms with van der Waals surface area (Å²) in [4.78, 5) is 0. The van der Waals surface area contributed by atoms with Crippen LogP contribution in [0.1, 0.15) is 18.9 Å². The number of hydrogen-bond donors (Lipinski definition) is 2. The minimum absolute atomic E-state index is 0.0180. The number of anilines is 1. The highest BCUT2D eigenvalue weighted by molar-refractivity contribution is 6.30. The molecule has 0 aliphatic rings. The first-order valence-electron chi connectivity index (χ1n) is 6.92. The number of aliphatic hydroxyl groups excluding tert-OH is 1. The van der Waals surface area contributed by atoms with E-state index in [9.17, 15) is 5.11 Å². The fourth-order valence-corrected chi connectivity index (χ4v) is 2.53. The quantitative estimate of drug-likeness (QED) is 0.845. The van der Waals surface area contributed by atoms with Crippen molar-refractivity contribution in [1.29, 1.82) is 0 Å². The molecule has 4 heteroatoms. The van der Waals surface area contributed by atoms with E-state index < -0.39 is 5.54 Å². The minimum atomic E-state index is -0.556. The number of halogens is 1. The highest BCUT2D eigenvalue weighted by Gasteiger charge is 2.29. The van der Waals surface area contributed by atoms with Gasteiger partial charge in [-0.15, -0.1) is 0 Å². The SMILES string of the molecule is CCC(CO)(Nc1ccc(OC)cc1)c1cccc(Cl)c1. The van der Waals surface area contributed by atoms with Crippen molar-refractivity contribution >= 4 is 17.3 Å². The molecule has 0 aliphatic carbocycles. The third kappa shape index (κ3) is 3.49. The van der Waals surface area contributed by atoms with Crippen LogP contribution in [0.25, 0.3) is 0 Å². The molecule has 112 valence electrons. The average Bonchev–Trinajstić information content (AvgIpc) is 2.53.